The first kappa shape index (κ1) is 36.9. The van der Waals surface area contributed by atoms with E-state index in [0.717, 1.165) is 18.2 Å². The van der Waals surface area contributed by atoms with Crippen molar-refractivity contribution in [3.63, 3.8) is 0 Å². The van der Waals surface area contributed by atoms with Crippen LogP contribution in [-0.2, 0) is 23.1 Å². The number of halogens is 6. The molecule has 0 bridgehead atoms. The lowest BCUT2D eigenvalue weighted by Gasteiger charge is -2.27. The number of anilines is 2. The molecular weight excluding hydrogens is 747 g/mol. The zero-order valence-electron chi connectivity index (χ0n) is 28.9. The minimum atomic E-state index is -5.43. The number of sulfonamides is 1. The summed E-state index contributed by atoms with van der Waals surface area (Å²) < 4.78 is 126. The van der Waals surface area contributed by atoms with Crippen molar-refractivity contribution in [2.24, 2.45) is 0 Å². The van der Waals surface area contributed by atoms with Crippen LogP contribution in [0.1, 0.15) is 13.8 Å². The minimum absolute atomic E-state index is 0.0283. The van der Waals surface area contributed by atoms with Gasteiger partial charge in [-0.1, -0.05) is 0 Å². The molecule has 0 aliphatic heterocycles. The summed E-state index contributed by atoms with van der Waals surface area (Å²) in [6.45, 7) is 4.09. The number of nitrogens with zero attached hydrogens (tertiary/aromatic N) is 7. The van der Waals surface area contributed by atoms with Crippen LogP contribution in [0.3, 0.4) is 0 Å². The Balaban J connectivity index is 1.44. The van der Waals surface area contributed by atoms with Gasteiger partial charge in [-0.15, -0.1) is 0 Å². The highest BCUT2D eigenvalue weighted by Crippen LogP contribution is 2.41. The van der Waals surface area contributed by atoms with Gasteiger partial charge in [0, 0.05) is 61.4 Å². The lowest BCUT2D eigenvalue weighted by molar-refractivity contribution is 0.550. The Morgan fingerprint density at radius 3 is 1.65 bits per heavy atom. The Labute approximate surface area is 310 Å². The topological polar surface area (TPSA) is 111 Å². The molecule has 0 aliphatic rings. The Morgan fingerprint density at radius 2 is 1.13 bits per heavy atom. The van der Waals surface area contributed by atoms with E-state index < -0.39 is 72.3 Å². The third-order valence-corrected chi connectivity index (χ3v) is 10.3. The Morgan fingerprint density at radius 1 is 0.636 bits per heavy atom. The van der Waals surface area contributed by atoms with Crippen LogP contribution < -0.4 is 9.84 Å². The molecule has 1 N–H and O–H groups in total. The van der Waals surface area contributed by atoms with Crippen molar-refractivity contribution in [2.45, 2.75) is 31.8 Å². The molecule has 0 saturated carbocycles. The lowest BCUT2D eigenvalue weighted by atomic mass is 10.0. The van der Waals surface area contributed by atoms with Gasteiger partial charge in [0.15, 0.2) is 11.6 Å². The van der Waals surface area contributed by atoms with E-state index in [1.165, 1.54) is 40.3 Å². The third-order valence-electron chi connectivity index (χ3n) is 8.64. The van der Waals surface area contributed by atoms with Gasteiger partial charge < -0.3 is 0 Å². The molecule has 10 nitrogen and oxygen atoms in total. The number of pyridine rings is 2. The standard InChI is InChI=1S/C38H28F6N8O2S/c1-3-50-20-25(22-11-15-45-16-12-22)37(48-50)33-28(41)7-9-30(35(33)43)47-52(55(53,54)32-19-24(39)5-6-27(32)40)31-10-8-29(42)34(36(31)44)38-26(21-51(4-2)49-38)23-13-17-46-18-14-23/h5-21,47H,3-4H2,1-2H3. The summed E-state index contributed by atoms with van der Waals surface area (Å²) in [5, 5.41) is 8.70. The maximum Gasteiger partial charge on any atom is 0.284 e. The number of aryl methyl sites for hydroxylation is 2. The Bertz CT molecular complexity index is 2660. The van der Waals surface area contributed by atoms with Gasteiger partial charge in [0.25, 0.3) is 10.0 Å². The van der Waals surface area contributed by atoms with E-state index in [9.17, 15) is 12.8 Å². The van der Waals surface area contributed by atoms with Gasteiger partial charge in [-0.05, 0) is 91.7 Å². The lowest BCUT2D eigenvalue weighted by Crippen LogP contribution is -2.38. The fraction of sp³-hybridized carbons (Fsp3) is 0.105. The van der Waals surface area contributed by atoms with E-state index >= 15 is 22.0 Å². The van der Waals surface area contributed by atoms with Gasteiger partial charge in [-0.25, -0.2) is 26.3 Å². The summed E-state index contributed by atoms with van der Waals surface area (Å²) >= 11 is 0. The summed E-state index contributed by atoms with van der Waals surface area (Å²) in [7, 11) is -5.43. The molecule has 3 aromatic carbocycles. The van der Waals surface area contributed by atoms with Gasteiger partial charge in [-0.2, -0.15) is 23.0 Å². The minimum Gasteiger partial charge on any atom is -0.281 e. The molecule has 55 heavy (non-hydrogen) atoms. The molecule has 17 heteroatoms. The molecule has 4 heterocycles. The van der Waals surface area contributed by atoms with Crippen LogP contribution in [0, 0.1) is 34.9 Å². The molecule has 0 spiro atoms. The first-order valence-corrected chi connectivity index (χ1v) is 18.1. The van der Waals surface area contributed by atoms with E-state index in [-0.39, 0.29) is 27.9 Å². The number of aromatic nitrogens is 6. The highest BCUT2D eigenvalue weighted by Gasteiger charge is 2.35. The van der Waals surface area contributed by atoms with E-state index in [1.807, 2.05) is 0 Å². The number of hydrazine groups is 1. The van der Waals surface area contributed by atoms with Crippen LogP contribution in [0.2, 0.25) is 0 Å². The van der Waals surface area contributed by atoms with Crippen LogP contribution in [0.4, 0.5) is 37.7 Å². The normalized spacial score (nSPS) is 11.6. The molecule has 0 saturated heterocycles. The zero-order chi connectivity index (χ0) is 39.0. The van der Waals surface area contributed by atoms with Crippen molar-refractivity contribution >= 4 is 21.4 Å². The summed E-state index contributed by atoms with van der Waals surface area (Å²) in [6.07, 6.45) is 8.94. The van der Waals surface area contributed by atoms with E-state index in [4.69, 9.17) is 0 Å². The van der Waals surface area contributed by atoms with Crippen molar-refractivity contribution in [2.75, 3.05) is 9.84 Å². The predicted molar refractivity (Wildman–Crippen MR) is 193 cm³/mol. The summed E-state index contributed by atoms with van der Waals surface area (Å²) in [5.74, 6) is -7.74. The predicted octanol–water partition coefficient (Wildman–Crippen LogP) is 8.63. The van der Waals surface area contributed by atoms with Crippen LogP contribution in [-0.4, -0.2) is 37.9 Å². The first-order valence-electron chi connectivity index (χ1n) is 16.6. The van der Waals surface area contributed by atoms with E-state index in [1.54, 1.807) is 44.3 Å². The highest BCUT2D eigenvalue weighted by molar-refractivity contribution is 7.93. The fourth-order valence-corrected chi connectivity index (χ4v) is 7.32. The molecule has 280 valence electrons. The Hall–Kier alpha value is -6.49. The summed E-state index contributed by atoms with van der Waals surface area (Å²) in [5.41, 5.74) is 0.182. The van der Waals surface area contributed by atoms with Crippen molar-refractivity contribution in [1.82, 2.24) is 29.5 Å². The monoisotopic (exact) mass is 774 g/mol. The van der Waals surface area contributed by atoms with Gasteiger partial charge in [0.2, 0.25) is 0 Å². The second kappa shape index (κ2) is 14.7. The van der Waals surface area contributed by atoms with Crippen LogP contribution >= 0.6 is 0 Å². The maximum atomic E-state index is 17.0. The molecular formula is C38H28F6N8O2S. The number of nitrogens with one attached hydrogen (secondary N) is 1. The SMILES string of the molecule is CCn1cc(-c2ccncc2)c(-c2c(F)ccc(NN(c3ccc(F)c(-c4nn(CC)cc4-c4ccncc4)c3F)S(=O)(=O)c3cc(F)ccc3F)c2F)n1. The number of hydrogen-bond donors (Lipinski definition) is 1. The van der Waals surface area contributed by atoms with Crippen LogP contribution in [0.25, 0.3) is 44.8 Å². The largest absolute Gasteiger partial charge is 0.284 e. The van der Waals surface area contributed by atoms with Crippen molar-refractivity contribution in [1.29, 1.82) is 0 Å². The molecule has 0 fully saturated rings. The molecule has 0 amide bonds. The quantitative estimate of drug-likeness (QED) is 0.104. The van der Waals surface area contributed by atoms with Crippen LogP contribution in [0.5, 0.6) is 0 Å². The molecule has 0 radical (unpaired) electrons. The smallest absolute Gasteiger partial charge is 0.281 e. The second-order valence-corrected chi connectivity index (χ2v) is 13.7. The maximum absolute atomic E-state index is 17.0. The number of hydrogen-bond acceptors (Lipinski definition) is 7. The van der Waals surface area contributed by atoms with Gasteiger partial charge >= 0.3 is 0 Å². The molecule has 7 aromatic rings. The Kier molecular flexibility index (Phi) is 9.87. The van der Waals surface area contributed by atoms with Gasteiger partial charge in [0.05, 0.1) is 16.8 Å². The fourth-order valence-electron chi connectivity index (χ4n) is 5.93. The van der Waals surface area contributed by atoms with Crippen molar-refractivity contribution in [3.05, 3.63) is 139 Å². The zero-order valence-corrected chi connectivity index (χ0v) is 29.7. The molecule has 0 aliphatic carbocycles. The van der Waals surface area contributed by atoms with Crippen molar-refractivity contribution < 1.29 is 34.8 Å². The molecule has 4 aromatic heterocycles. The number of rotatable bonds is 11. The average molecular weight is 775 g/mol. The first-order chi connectivity index (χ1) is 26.4. The molecule has 0 atom stereocenters. The molecule has 0 unspecified atom stereocenters. The summed E-state index contributed by atoms with van der Waals surface area (Å²) in [6, 6.07) is 11.0. The molecule has 7 rings (SSSR count). The average Bonchev–Trinajstić information content (AvgIpc) is 3.82. The number of benzene rings is 3. The van der Waals surface area contributed by atoms with E-state index in [2.05, 4.69) is 25.6 Å². The summed E-state index contributed by atoms with van der Waals surface area (Å²) in [4.78, 5) is 6.67. The van der Waals surface area contributed by atoms with Gasteiger partial charge in [0.1, 0.15) is 45.2 Å². The third kappa shape index (κ3) is 6.78. The van der Waals surface area contributed by atoms with Crippen molar-refractivity contribution in [3.8, 4) is 44.8 Å². The van der Waals surface area contributed by atoms with Crippen LogP contribution in [0.15, 0.2) is 109 Å². The van der Waals surface area contributed by atoms with E-state index in [0.29, 0.717) is 47.5 Å². The highest BCUT2D eigenvalue weighted by atomic mass is 32.2. The second-order valence-electron chi connectivity index (χ2n) is 12.0. The van der Waals surface area contributed by atoms with Gasteiger partial charge in [-0.3, -0.25) is 24.8 Å².